The van der Waals surface area contributed by atoms with E-state index in [1.807, 2.05) is 6.92 Å². The summed E-state index contributed by atoms with van der Waals surface area (Å²) in [6.45, 7) is 2.57. The summed E-state index contributed by atoms with van der Waals surface area (Å²) < 4.78 is 6.77. The Morgan fingerprint density at radius 2 is 2.29 bits per heavy atom. The molecule has 0 fully saturated rings. The molecule has 2 N–H and O–H groups in total. The number of anilines is 1. The normalized spacial score (nSPS) is 12.7. The molecule has 0 aliphatic carbocycles. The monoisotopic (exact) mass is 196 g/mol. The number of ether oxygens (including phenoxy) is 1. The molecule has 0 saturated carbocycles. The highest BCUT2D eigenvalue weighted by molar-refractivity contribution is 5.33. The summed E-state index contributed by atoms with van der Waals surface area (Å²) in [6.07, 6.45) is 2.58. The summed E-state index contributed by atoms with van der Waals surface area (Å²) in [5.41, 5.74) is 6.13. The Kier molecular flexibility index (Phi) is 3.71. The van der Waals surface area contributed by atoms with Crippen molar-refractivity contribution >= 4 is 5.69 Å². The number of nitrogens with zero attached hydrogens (tertiary/aromatic N) is 1. The molecule has 0 aliphatic rings. The second-order valence-electron chi connectivity index (χ2n) is 3.22. The molecule has 4 heteroatoms. The highest BCUT2D eigenvalue weighted by Gasteiger charge is 2.06. The average molecular weight is 196 g/mol. The minimum Gasteiger partial charge on any atom is -0.398 e. The molecule has 1 atom stereocenters. The van der Waals surface area contributed by atoms with Crippen molar-refractivity contribution in [2.75, 3.05) is 12.8 Å². The van der Waals surface area contributed by atoms with Gasteiger partial charge in [-0.05, 0) is 12.5 Å². The zero-order chi connectivity index (χ0) is 10.6. The largest absolute Gasteiger partial charge is 0.398 e. The van der Waals surface area contributed by atoms with Gasteiger partial charge in [-0.1, -0.05) is 6.92 Å². The van der Waals surface area contributed by atoms with E-state index >= 15 is 0 Å². The summed E-state index contributed by atoms with van der Waals surface area (Å²) in [5, 5.41) is 0. The van der Waals surface area contributed by atoms with E-state index in [4.69, 9.17) is 10.5 Å². The first-order valence-corrected chi connectivity index (χ1v) is 4.66. The number of hydrogen-bond acceptors (Lipinski definition) is 3. The van der Waals surface area contributed by atoms with Gasteiger partial charge in [-0.2, -0.15) is 0 Å². The maximum absolute atomic E-state index is 11.4. The van der Waals surface area contributed by atoms with E-state index < -0.39 is 0 Å². The molecule has 78 valence electrons. The fourth-order valence-electron chi connectivity index (χ4n) is 1.28. The van der Waals surface area contributed by atoms with E-state index in [-0.39, 0.29) is 11.7 Å². The zero-order valence-electron chi connectivity index (χ0n) is 8.56. The Morgan fingerprint density at radius 1 is 1.57 bits per heavy atom. The molecule has 1 heterocycles. The molecule has 0 aliphatic heterocycles. The summed E-state index contributed by atoms with van der Waals surface area (Å²) in [7, 11) is 1.64. The Balaban J connectivity index is 2.85. The number of pyridine rings is 1. The number of rotatable bonds is 4. The van der Waals surface area contributed by atoms with Crippen molar-refractivity contribution in [1.82, 2.24) is 4.57 Å². The van der Waals surface area contributed by atoms with Gasteiger partial charge in [0.15, 0.2) is 0 Å². The van der Waals surface area contributed by atoms with E-state index in [1.54, 1.807) is 23.9 Å². The van der Waals surface area contributed by atoms with Crippen LogP contribution in [0.5, 0.6) is 0 Å². The Hall–Kier alpha value is -1.29. The van der Waals surface area contributed by atoms with Crippen LogP contribution in [0.3, 0.4) is 0 Å². The third-order valence-corrected chi connectivity index (χ3v) is 2.20. The third-order valence-electron chi connectivity index (χ3n) is 2.20. The molecule has 14 heavy (non-hydrogen) atoms. The molecule has 0 aromatic carbocycles. The molecule has 1 aromatic heterocycles. The molecule has 0 bridgehead atoms. The van der Waals surface area contributed by atoms with Gasteiger partial charge >= 0.3 is 0 Å². The van der Waals surface area contributed by atoms with Gasteiger partial charge in [-0.3, -0.25) is 4.79 Å². The van der Waals surface area contributed by atoms with Crippen molar-refractivity contribution in [2.45, 2.75) is 26.0 Å². The van der Waals surface area contributed by atoms with E-state index in [9.17, 15) is 4.79 Å². The topological polar surface area (TPSA) is 57.2 Å². The molecule has 0 amide bonds. The van der Waals surface area contributed by atoms with E-state index in [1.165, 1.54) is 6.07 Å². The summed E-state index contributed by atoms with van der Waals surface area (Å²) in [6, 6.07) is 3.07. The van der Waals surface area contributed by atoms with Crippen molar-refractivity contribution in [3.63, 3.8) is 0 Å². The second-order valence-corrected chi connectivity index (χ2v) is 3.22. The van der Waals surface area contributed by atoms with Gasteiger partial charge in [0, 0.05) is 25.1 Å². The number of nitrogens with two attached hydrogens (primary N) is 1. The summed E-state index contributed by atoms with van der Waals surface area (Å²) in [5.74, 6) is 0. The number of methoxy groups -OCH3 is 1. The highest BCUT2D eigenvalue weighted by Crippen LogP contribution is 2.01. The standard InChI is InChI=1S/C10H16N2O2/c1-3-9(14-2)7-12-6-8(11)4-5-10(12)13/h4-6,9H,3,7,11H2,1-2H3. The predicted molar refractivity (Wildman–Crippen MR) is 56.2 cm³/mol. The third kappa shape index (κ3) is 2.60. The van der Waals surface area contributed by atoms with Gasteiger partial charge in [-0.25, -0.2) is 0 Å². The molecule has 1 unspecified atom stereocenters. The van der Waals surface area contributed by atoms with Crippen LogP contribution in [0, 0.1) is 0 Å². The summed E-state index contributed by atoms with van der Waals surface area (Å²) >= 11 is 0. The van der Waals surface area contributed by atoms with Crippen LogP contribution < -0.4 is 11.3 Å². The van der Waals surface area contributed by atoms with Gasteiger partial charge in [0.25, 0.3) is 5.56 Å². The first-order chi connectivity index (χ1) is 6.67. The van der Waals surface area contributed by atoms with Crippen molar-refractivity contribution < 1.29 is 4.74 Å². The van der Waals surface area contributed by atoms with E-state index in [0.717, 1.165) is 6.42 Å². The van der Waals surface area contributed by atoms with Gasteiger partial charge in [0.1, 0.15) is 0 Å². The molecule has 0 spiro atoms. The van der Waals surface area contributed by atoms with Crippen LogP contribution in [0.15, 0.2) is 23.1 Å². The molecular formula is C10H16N2O2. The van der Waals surface area contributed by atoms with Gasteiger partial charge < -0.3 is 15.0 Å². The van der Waals surface area contributed by atoms with E-state index in [0.29, 0.717) is 12.2 Å². The van der Waals surface area contributed by atoms with E-state index in [2.05, 4.69) is 0 Å². The van der Waals surface area contributed by atoms with Gasteiger partial charge in [0.05, 0.1) is 12.6 Å². The molecule has 1 aromatic rings. The van der Waals surface area contributed by atoms with Crippen molar-refractivity contribution in [1.29, 1.82) is 0 Å². The lowest BCUT2D eigenvalue weighted by atomic mass is 10.2. The Morgan fingerprint density at radius 3 is 2.86 bits per heavy atom. The minimum atomic E-state index is -0.0466. The average Bonchev–Trinajstić information content (AvgIpc) is 2.19. The lowest BCUT2D eigenvalue weighted by Gasteiger charge is -2.14. The van der Waals surface area contributed by atoms with Crippen molar-refractivity contribution in [2.24, 2.45) is 0 Å². The molecular weight excluding hydrogens is 180 g/mol. The summed E-state index contributed by atoms with van der Waals surface area (Å²) in [4.78, 5) is 11.4. The first-order valence-electron chi connectivity index (χ1n) is 4.66. The van der Waals surface area contributed by atoms with Crippen molar-refractivity contribution in [3.8, 4) is 0 Å². The van der Waals surface area contributed by atoms with Crippen LogP contribution in [0.25, 0.3) is 0 Å². The fraction of sp³-hybridized carbons (Fsp3) is 0.500. The fourth-order valence-corrected chi connectivity index (χ4v) is 1.28. The smallest absolute Gasteiger partial charge is 0.250 e. The molecule has 4 nitrogen and oxygen atoms in total. The van der Waals surface area contributed by atoms with Crippen LogP contribution >= 0.6 is 0 Å². The van der Waals surface area contributed by atoms with Crippen LogP contribution in [0.4, 0.5) is 5.69 Å². The Bertz CT molecular complexity index is 342. The van der Waals surface area contributed by atoms with Gasteiger partial charge in [-0.15, -0.1) is 0 Å². The zero-order valence-corrected chi connectivity index (χ0v) is 8.56. The maximum Gasteiger partial charge on any atom is 0.250 e. The molecule has 0 saturated heterocycles. The number of hydrogen-bond donors (Lipinski definition) is 1. The van der Waals surface area contributed by atoms with Crippen LogP contribution in [0.1, 0.15) is 13.3 Å². The first kappa shape index (κ1) is 10.8. The van der Waals surface area contributed by atoms with Crippen LogP contribution in [0.2, 0.25) is 0 Å². The van der Waals surface area contributed by atoms with Crippen LogP contribution in [-0.4, -0.2) is 17.8 Å². The predicted octanol–water partition coefficient (Wildman–Crippen LogP) is 0.856. The minimum absolute atomic E-state index is 0.0466. The Labute approximate surface area is 83.3 Å². The lowest BCUT2D eigenvalue weighted by molar-refractivity contribution is 0.0838. The highest BCUT2D eigenvalue weighted by atomic mass is 16.5. The van der Waals surface area contributed by atoms with Gasteiger partial charge in [0.2, 0.25) is 0 Å². The van der Waals surface area contributed by atoms with Crippen LogP contribution in [-0.2, 0) is 11.3 Å². The molecule has 0 radical (unpaired) electrons. The number of aromatic nitrogens is 1. The SMILES string of the molecule is CCC(Cn1cc(N)ccc1=O)OC. The quantitative estimate of drug-likeness (QED) is 0.776. The second kappa shape index (κ2) is 4.81. The van der Waals surface area contributed by atoms with Crippen molar-refractivity contribution in [3.05, 3.63) is 28.7 Å². The number of nitrogen functional groups attached to an aromatic ring is 1. The lowest BCUT2D eigenvalue weighted by Crippen LogP contribution is -2.26. The molecule has 1 rings (SSSR count). The maximum atomic E-state index is 11.4.